The molecular weight excluding hydrogens is 194 g/mol. The fraction of sp³-hybridized carbons (Fsp3) is 0.667. The van der Waals surface area contributed by atoms with Crippen molar-refractivity contribution >= 4 is 6.03 Å². The summed E-state index contributed by atoms with van der Waals surface area (Å²) in [6.45, 7) is 0.666. The largest absolute Gasteiger partial charge is 0.338 e. The van der Waals surface area contributed by atoms with Gasteiger partial charge in [-0.15, -0.1) is 0 Å². The summed E-state index contributed by atoms with van der Waals surface area (Å²) in [5.74, 6) is 0.861. The highest BCUT2D eigenvalue weighted by Gasteiger charge is 2.22. The van der Waals surface area contributed by atoms with Gasteiger partial charge in [0.1, 0.15) is 12.2 Å². The second kappa shape index (κ2) is 4.77. The summed E-state index contributed by atoms with van der Waals surface area (Å²) >= 11 is 0. The maximum absolute atomic E-state index is 11.2. The van der Waals surface area contributed by atoms with Crippen LogP contribution in [0.15, 0.2) is 6.33 Å². The molecular formula is C9H15N5O. The van der Waals surface area contributed by atoms with Crippen molar-refractivity contribution < 1.29 is 4.79 Å². The zero-order valence-electron chi connectivity index (χ0n) is 8.49. The molecule has 15 heavy (non-hydrogen) atoms. The smallest absolute Gasteiger partial charge is 0.315 e. The van der Waals surface area contributed by atoms with E-state index < -0.39 is 0 Å². The first kappa shape index (κ1) is 9.95. The third-order valence-electron chi connectivity index (χ3n) is 2.25. The Labute approximate surface area is 87.9 Å². The van der Waals surface area contributed by atoms with Gasteiger partial charge in [0.25, 0.3) is 0 Å². The lowest BCUT2D eigenvalue weighted by Crippen LogP contribution is -2.37. The van der Waals surface area contributed by atoms with Crippen molar-refractivity contribution in [3.8, 4) is 0 Å². The molecule has 2 amide bonds. The number of amides is 2. The number of carbonyl (C=O) groups excluding carboxylic acids is 1. The molecule has 6 heteroatoms. The van der Waals surface area contributed by atoms with E-state index in [1.807, 2.05) is 0 Å². The molecule has 0 radical (unpaired) electrons. The van der Waals surface area contributed by atoms with Gasteiger partial charge in [-0.25, -0.2) is 9.78 Å². The molecule has 1 aliphatic carbocycles. The van der Waals surface area contributed by atoms with Gasteiger partial charge in [0, 0.05) is 19.0 Å². The molecule has 1 aromatic rings. The molecule has 1 fully saturated rings. The standard InChI is InChI=1S/C9H15N5O/c15-9(13-7-3-4-7)10-5-1-2-8-11-6-12-14-8/h6-7H,1-5H2,(H2,10,13,15)(H,11,12,14). The molecule has 1 aromatic heterocycles. The van der Waals surface area contributed by atoms with Crippen molar-refractivity contribution in [1.29, 1.82) is 0 Å². The minimum Gasteiger partial charge on any atom is -0.338 e. The third-order valence-corrected chi connectivity index (χ3v) is 2.25. The first-order valence-corrected chi connectivity index (χ1v) is 5.23. The van der Waals surface area contributed by atoms with Gasteiger partial charge in [0.05, 0.1) is 0 Å². The first-order valence-electron chi connectivity index (χ1n) is 5.23. The van der Waals surface area contributed by atoms with Crippen molar-refractivity contribution in [3.05, 3.63) is 12.2 Å². The van der Waals surface area contributed by atoms with E-state index in [1.54, 1.807) is 0 Å². The fourth-order valence-electron chi connectivity index (χ4n) is 1.27. The summed E-state index contributed by atoms with van der Waals surface area (Å²) in [6.07, 6.45) is 5.40. The summed E-state index contributed by atoms with van der Waals surface area (Å²) in [5.41, 5.74) is 0. The number of hydrogen-bond donors (Lipinski definition) is 3. The van der Waals surface area contributed by atoms with Crippen LogP contribution in [0, 0.1) is 0 Å². The van der Waals surface area contributed by atoms with Crippen LogP contribution in [0.5, 0.6) is 0 Å². The van der Waals surface area contributed by atoms with Gasteiger partial charge in [0.15, 0.2) is 0 Å². The number of aromatic amines is 1. The summed E-state index contributed by atoms with van der Waals surface area (Å²) in [4.78, 5) is 15.2. The number of rotatable bonds is 5. The quantitative estimate of drug-likeness (QED) is 0.606. The maximum atomic E-state index is 11.2. The lowest BCUT2D eigenvalue weighted by atomic mass is 10.3. The van der Waals surface area contributed by atoms with E-state index in [1.165, 1.54) is 6.33 Å². The Morgan fingerprint density at radius 1 is 1.60 bits per heavy atom. The second-order valence-electron chi connectivity index (χ2n) is 3.71. The molecule has 3 N–H and O–H groups in total. The number of urea groups is 1. The average molecular weight is 209 g/mol. The van der Waals surface area contributed by atoms with Gasteiger partial charge in [0.2, 0.25) is 0 Å². The van der Waals surface area contributed by atoms with E-state index in [4.69, 9.17) is 0 Å². The minimum absolute atomic E-state index is 0.0601. The van der Waals surface area contributed by atoms with Crippen LogP contribution in [-0.4, -0.2) is 33.8 Å². The molecule has 0 aliphatic heterocycles. The van der Waals surface area contributed by atoms with Crippen LogP contribution >= 0.6 is 0 Å². The van der Waals surface area contributed by atoms with Crippen LogP contribution in [0.3, 0.4) is 0 Å². The maximum Gasteiger partial charge on any atom is 0.315 e. The van der Waals surface area contributed by atoms with Gasteiger partial charge >= 0.3 is 6.03 Å². The molecule has 0 spiro atoms. The van der Waals surface area contributed by atoms with Crippen molar-refractivity contribution in [3.63, 3.8) is 0 Å². The average Bonchev–Trinajstić information content (AvgIpc) is 2.87. The molecule has 1 aliphatic rings. The van der Waals surface area contributed by atoms with Crippen LogP contribution < -0.4 is 10.6 Å². The molecule has 1 heterocycles. The fourth-order valence-corrected chi connectivity index (χ4v) is 1.27. The van der Waals surface area contributed by atoms with Crippen LogP contribution in [0.2, 0.25) is 0 Å². The lowest BCUT2D eigenvalue weighted by molar-refractivity contribution is 0.240. The van der Waals surface area contributed by atoms with Crippen molar-refractivity contribution in [2.75, 3.05) is 6.54 Å². The molecule has 0 saturated heterocycles. The van der Waals surface area contributed by atoms with Crippen molar-refractivity contribution in [1.82, 2.24) is 25.8 Å². The Kier molecular flexibility index (Phi) is 3.16. The molecule has 0 bridgehead atoms. The highest BCUT2D eigenvalue weighted by molar-refractivity contribution is 5.74. The van der Waals surface area contributed by atoms with Gasteiger partial charge < -0.3 is 10.6 Å². The van der Waals surface area contributed by atoms with Gasteiger partial charge in [-0.3, -0.25) is 5.10 Å². The predicted octanol–water partition coefficient (Wildman–Crippen LogP) is 0.199. The normalized spacial score (nSPS) is 14.9. The SMILES string of the molecule is O=C(NCCCc1ncn[nH]1)NC1CC1. The summed E-state index contributed by atoms with van der Waals surface area (Å²) in [5, 5.41) is 12.2. The molecule has 1 saturated carbocycles. The highest BCUT2D eigenvalue weighted by Crippen LogP contribution is 2.18. The first-order chi connectivity index (χ1) is 7.34. The second-order valence-corrected chi connectivity index (χ2v) is 3.71. The van der Waals surface area contributed by atoms with E-state index in [2.05, 4.69) is 25.8 Å². The molecule has 0 aromatic carbocycles. The van der Waals surface area contributed by atoms with Gasteiger partial charge in [-0.1, -0.05) is 0 Å². The number of nitrogens with one attached hydrogen (secondary N) is 3. The molecule has 2 rings (SSSR count). The van der Waals surface area contributed by atoms with E-state index >= 15 is 0 Å². The van der Waals surface area contributed by atoms with Gasteiger partial charge in [-0.2, -0.15) is 5.10 Å². The number of H-pyrrole nitrogens is 1. The zero-order chi connectivity index (χ0) is 10.5. The van der Waals surface area contributed by atoms with E-state index in [0.29, 0.717) is 12.6 Å². The van der Waals surface area contributed by atoms with E-state index in [9.17, 15) is 4.79 Å². The zero-order valence-corrected chi connectivity index (χ0v) is 8.49. The Morgan fingerprint density at radius 3 is 3.13 bits per heavy atom. The Bertz CT molecular complexity index is 306. The van der Waals surface area contributed by atoms with Crippen LogP contribution in [-0.2, 0) is 6.42 Å². The predicted molar refractivity (Wildman–Crippen MR) is 54.3 cm³/mol. The Hall–Kier alpha value is -1.59. The van der Waals surface area contributed by atoms with Gasteiger partial charge in [-0.05, 0) is 19.3 Å². The highest BCUT2D eigenvalue weighted by atomic mass is 16.2. The third kappa shape index (κ3) is 3.57. The topological polar surface area (TPSA) is 82.7 Å². The van der Waals surface area contributed by atoms with E-state index in [-0.39, 0.29) is 6.03 Å². The summed E-state index contributed by atoms with van der Waals surface area (Å²) in [6, 6.07) is 0.356. The number of aryl methyl sites for hydroxylation is 1. The van der Waals surface area contributed by atoms with E-state index in [0.717, 1.165) is 31.5 Å². The van der Waals surface area contributed by atoms with Crippen LogP contribution in [0.1, 0.15) is 25.1 Å². The summed E-state index contributed by atoms with van der Waals surface area (Å²) < 4.78 is 0. The number of carbonyl (C=O) groups is 1. The number of nitrogens with zero attached hydrogens (tertiary/aromatic N) is 2. The monoisotopic (exact) mass is 209 g/mol. The molecule has 82 valence electrons. The number of hydrogen-bond acceptors (Lipinski definition) is 3. The van der Waals surface area contributed by atoms with Crippen molar-refractivity contribution in [2.24, 2.45) is 0 Å². The summed E-state index contributed by atoms with van der Waals surface area (Å²) in [7, 11) is 0. The Balaban J connectivity index is 1.52. The van der Waals surface area contributed by atoms with Crippen LogP contribution in [0.4, 0.5) is 4.79 Å². The molecule has 6 nitrogen and oxygen atoms in total. The minimum atomic E-state index is -0.0601. The van der Waals surface area contributed by atoms with Crippen LogP contribution in [0.25, 0.3) is 0 Å². The molecule has 0 atom stereocenters. The lowest BCUT2D eigenvalue weighted by Gasteiger charge is -2.05. The molecule has 0 unspecified atom stereocenters. The number of aromatic nitrogens is 3. The Morgan fingerprint density at radius 2 is 2.47 bits per heavy atom. The van der Waals surface area contributed by atoms with Crippen molar-refractivity contribution in [2.45, 2.75) is 31.7 Å².